The molecule has 0 unspecified atom stereocenters. The van der Waals surface area contributed by atoms with Crippen molar-refractivity contribution in [1.29, 1.82) is 0 Å². The summed E-state index contributed by atoms with van der Waals surface area (Å²) in [5.41, 5.74) is 0.320. The first-order valence-electron chi connectivity index (χ1n) is 6.60. The normalized spacial score (nSPS) is 10.5. The van der Waals surface area contributed by atoms with Gasteiger partial charge in [0.15, 0.2) is 6.29 Å². The van der Waals surface area contributed by atoms with Crippen LogP contribution in [0.2, 0.25) is 0 Å². The molecule has 0 aliphatic heterocycles. The molecular weight excluding hydrogens is 292 g/mol. The van der Waals surface area contributed by atoms with Gasteiger partial charge in [0, 0.05) is 18.7 Å². The lowest BCUT2D eigenvalue weighted by Gasteiger charge is -2.12. The summed E-state index contributed by atoms with van der Waals surface area (Å²) < 4.78 is 38.4. The van der Waals surface area contributed by atoms with Crippen LogP contribution in [-0.2, 0) is 4.74 Å². The van der Waals surface area contributed by atoms with E-state index in [1.54, 1.807) is 13.0 Å². The Morgan fingerprint density at radius 3 is 2.59 bits per heavy atom. The predicted octanol–water partition coefficient (Wildman–Crippen LogP) is 3.17. The minimum atomic E-state index is -0.694. The van der Waals surface area contributed by atoms with Gasteiger partial charge >= 0.3 is 0 Å². The maximum atomic E-state index is 14.3. The van der Waals surface area contributed by atoms with Crippen LogP contribution in [0, 0.1) is 18.6 Å². The lowest BCUT2D eigenvalue weighted by Crippen LogP contribution is -2.05. The zero-order valence-corrected chi connectivity index (χ0v) is 12.2. The fourth-order valence-corrected chi connectivity index (χ4v) is 2.04. The molecule has 0 N–H and O–H groups in total. The smallest absolute Gasteiger partial charge is 0.168 e. The highest BCUT2D eigenvalue weighted by Crippen LogP contribution is 2.30. The number of hydrogen-bond donors (Lipinski definition) is 0. The Morgan fingerprint density at radius 2 is 1.95 bits per heavy atom. The van der Waals surface area contributed by atoms with Crippen LogP contribution in [0.5, 0.6) is 5.75 Å². The van der Waals surface area contributed by atoms with Gasteiger partial charge in [0.2, 0.25) is 0 Å². The Labute approximate surface area is 126 Å². The molecule has 0 amide bonds. The quantitative estimate of drug-likeness (QED) is 0.607. The molecule has 2 rings (SSSR count). The largest absolute Gasteiger partial charge is 0.491 e. The summed E-state index contributed by atoms with van der Waals surface area (Å²) in [4.78, 5) is 14.6. The number of halogens is 2. The molecule has 1 heterocycles. The average Bonchev–Trinajstić information content (AvgIpc) is 2.49. The van der Waals surface area contributed by atoms with Crippen molar-refractivity contribution in [3.8, 4) is 17.0 Å². The molecule has 0 radical (unpaired) electrons. The molecule has 0 atom stereocenters. The number of aldehydes is 1. The van der Waals surface area contributed by atoms with Gasteiger partial charge in [-0.1, -0.05) is 0 Å². The van der Waals surface area contributed by atoms with E-state index in [0.29, 0.717) is 24.2 Å². The summed E-state index contributed by atoms with van der Waals surface area (Å²) in [5, 5.41) is 0. The van der Waals surface area contributed by atoms with E-state index in [4.69, 9.17) is 9.47 Å². The third-order valence-electron chi connectivity index (χ3n) is 3.04. The predicted molar refractivity (Wildman–Crippen MR) is 77.1 cm³/mol. The van der Waals surface area contributed by atoms with Crippen molar-refractivity contribution in [3.63, 3.8) is 0 Å². The number of nitrogens with zero attached hydrogens (tertiary/aromatic N) is 1. The second-order valence-corrected chi connectivity index (χ2v) is 4.62. The monoisotopic (exact) mass is 307 g/mol. The van der Waals surface area contributed by atoms with Crippen molar-refractivity contribution in [2.45, 2.75) is 6.92 Å². The summed E-state index contributed by atoms with van der Waals surface area (Å²) in [6, 6.07) is 5.07. The number of carbonyl (C=O) groups excluding carboxylic acids is 1. The van der Waals surface area contributed by atoms with E-state index in [0.717, 1.165) is 12.1 Å². The minimum absolute atomic E-state index is 0.0142. The van der Waals surface area contributed by atoms with Crippen LogP contribution in [0.15, 0.2) is 24.3 Å². The summed E-state index contributed by atoms with van der Waals surface area (Å²) in [5.74, 6) is -1.04. The average molecular weight is 307 g/mol. The third kappa shape index (κ3) is 3.46. The third-order valence-corrected chi connectivity index (χ3v) is 3.04. The Kier molecular flexibility index (Phi) is 5.16. The summed E-state index contributed by atoms with van der Waals surface area (Å²) in [7, 11) is 1.53. The molecule has 0 saturated heterocycles. The van der Waals surface area contributed by atoms with Crippen LogP contribution in [0.4, 0.5) is 8.78 Å². The fraction of sp³-hybridized carbons (Fsp3) is 0.250. The molecule has 6 heteroatoms. The minimum Gasteiger partial charge on any atom is -0.491 e. The number of carbonyl (C=O) groups is 1. The van der Waals surface area contributed by atoms with Gasteiger partial charge in [-0.15, -0.1) is 0 Å². The first-order chi connectivity index (χ1) is 10.6. The van der Waals surface area contributed by atoms with Crippen LogP contribution in [0.3, 0.4) is 0 Å². The molecule has 4 nitrogen and oxygen atoms in total. The second kappa shape index (κ2) is 7.09. The van der Waals surface area contributed by atoms with Crippen molar-refractivity contribution in [2.24, 2.45) is 0 Å². The van der Waals surface area contributed by atoms with Gasteiger partial charge in [-0.25, -0.2) is 13.8 Å². The van der Waals surface area contributed by atoms with E-state index >= 15 is 0 Å². The number of methoxy groups -OCH3 is 1. The summed E-state index contributed by atoms with van der Waals surface area (Å²) >= 11 is 0. The Morgan fingerprint density at radius 1 is 1.18 bits per heavy atom. The van der Waals surface area contributed by atoms with Gasteiger partial charge < -0.3 is 9.47 Å². The van der Waals surface area contributed by atoms with Gasteiger partial charge in [-0.05, 0) is 30.7 Å². The maximum absolute atomic E-state index is 14.3. The van der Waals surface area contributed by atoms with Crippen molar-refractivity contribution < 1.29 is 23.0 Å². The van der Waals surface area contributed by atoms with Crippen LogP contribution < -0.4 is 4.74 Å². The van der Waals surface area contributed by atoms with Gasteiger partial charge in [0.1, 0.15) is 35.4 Å². The highest BCUT2D eigenvalue weighted by atomic mass is 19.1. The van der Waals surface area contributed by atoms with E-state index in [1.165, 1.54) is 13.2 Å². The van der Waals surface area contributed by atoms with E-state index in [-0.39, 0.29) is 23.6 Å². The number of pyridine rings is 1. The number of hydrogen-bond acceptors (Lipinski definition) is 4. The number of benzene rings is 1. The molecule has 1 aromatic heterocycles. The number of ether oxygens (including phenoxy) is 2. The summed E-state index contributed by atoms with van der Waals surface area (Å²) in [6.45, 7) is 2.28. The first kappa shape index (κ1) is 16.0. The molecule has 0 bridgehead atoms. The van der Waals surface area contributed by atoms with E-state index in [9.17, 15) is 13.6 Å². The topological polar surface area (TPSA) is 48.4 Å². The van der Waals surface area contributed by atoms with Crippen LogP contribution >= 0.6 is 0 Å². The SMILES string of the molecule is COCCOc1cc(C)c(-c2nc(C=O)ccc2F)c(F)c1. The lowest BCUT2D eigenvalue weighted by atomic mass is 10.0. The molecule has 0 aliphatic rings. The number of rotatable bonds is 6. The highest BCUT2D eigenvalue weighted by molar-refractivity contribution is 5.75. The molecule has 2 aromatic rings. The van der Waals surface area contributed by atoms with Gasteiger partial charge in [0.25, 0.3) is 0 Å². The lowest BCUT2D eigenvalue weighted by molar-refractivity contribution is 0.111. The zero-order valence-electron chi connectivity index (χ0n) is 12.2. The van der Waals surface area contributed by atoms with Crippen LogP contribution in [0.25, 0.3) is 11.3 Å². The van der Waals surface area contributed by atoms with Crippen LogP contribution in [0.1, 0.15) is 16.1 Å². The van der Waals surface area contributed by atoms with Gasteiger partial charge in [-0.2, -0.15) is 0 Å². The highest BCUT2D eigenvalue weighted by Gasteiger charge is 2.17. The summed E-state index contributed by atoms with van der Waals surface area (Å²) in [6.07, 6.45) is 0.485. The molecule has 22 heavy (non-hydrogen) atoms. The van der Waals surface area contributed by atoms with Crippen molar-refractivity contribution in [3.05, 3.63) is 47.2 Å². The number of aryl methyl sites for hydroxylation is 1. The molecule has 0 spiro atoms. The first-order valence-corrected chi connectivity index (χ1v) is 6.60. The molecule has 116 valence electrons. The van der Waals surface area contributed by atoms with Gasteiger partial charge in [0.05, 0.1) is 6.61 Å². The second-order valence-electron chi connectivity index (χ2n) is 4.62. The molecule has 0 saturated carbocycles. The maximum Gasteiger partial charge on any atom is 0.168 e. The number of aromatic nitrogens is 1. The van der Waals surface area contributed by atoms with E-state index in [2.05, 4.69) is 4.98 Å². The Hall–Kier alpha value is -2.34. The van der Waals surface area contributed by atoms with E-state index in [1.807, 2.05) is 0 Å². The zero-order chi connectivity index (χ0) is 16.1. The van der Waals surface area contributed by atoms with Crippen molar-refractivity contribution in [1.82, 2.24) is 4.98 Å². The molecule has 0 aliphatic carbocycles. The van der Waals surface area contributed by atoms with Gasteiger partial charge in [-0.3, -0.25) is 4.79 Å². The van der Waals surface area contributed by atoms with Crippen LogP contribution in [-0.4, -0.2) is 31.6 Å². The fourth-order valence-electron chi connectivity index (χ4n) is 2.04. The Bertz CT molecular complexity index is 666. The van der Waals surface area contributed by atoms with Crippen molar-refractivity contribution >= 4 is 6.29 Å². The molecule has 1 aromatic carbocycles. The standard InChI is InChI=1S/C16H15F2NO3/c1-10-7-12(22-6-5-21-2)8-14(18)15(10)16-13(17)4-3-11(9-20)19-16/h3-4,7-9H,5-6H2,1-2H3. The Balaban J connectivity index is 2.42. The molecular formula is C16H15F2NO3. The van der Waals surface area contributed by atoms with Crippen molar-refractivity contribution in [2.75, 3.05) is 20.3 Å². The molecule has 0 fully saturated rings. The van der Waals surface area contributed by atoms with E-state index < -0.39 is 11.6 Å².